The Morgan fingerprint density at radius 1 is 1.29 bits per heavy atom. The van der Waals surface area contributed by atoms with Gasteiger partial charge in [-0.15, -0.1) is 0 Å². The Balaban J connectivity index is 2.47. The van der Waals surface area contributed by atoms with Crippen molar-refractivity contribution in [2.45, 2.75) is 70.6 Å². The predicted octanol–water partition coefficient (Wildman–Crippen LogP) is -0.0284. The molecular formula is C17H34N4O3. The summed E-state index contributed by atoms with van der Waals surface area (Å²) in [6.45, 7) is 6.74. The molecule has 2 amide bonds. The fourth-order valence-electron chi connectivity index (χ4n) is 3.05. The van der Waals surface area contributed by atoms with Gasteiger partial charge in [-0.3, -0.25) is 14.5 Å². The van der Waals surface area contributed by atoms with Crippen molar-refractivity contribution in [1.29, 1.82) is 0 Å². The summed E-state index contributed by atoms with van der Waals surface area (Å²) in [6, 6.07) is -1.37. The van der Waals surface area contributed by atoms with Gasteiger partial charge in [0.15, 0.2) is 0 Å². The highest BCUT2D eigenvalue weighted by Gasteiger charge is 2.32. The van der Waals surface area contributed by atoms with Crippen LogP contribution in [-0.4, -0.2) is 66.2 Å². The van der Waals surface area contributed by atoms with Crippen molar-refractivity contribution in [2.24, 2.45) is 5.73 Å². The second-order valence-electron chi connectivity index (χ2n) is 6.65. The van der Waals surface area contributed by atoms with Crippen molar-refractivity contribution < 1.29 is 14.7 Å². The molecule has 24 heavy (non-hydrogen) atoms. The average Bonchev–Trinajstić information content (AvgIpc) is 2.55. The highest BCUT2D eigenvalue weighted by Crippen LogP contribution is 2.10. The average molecular weight is 342 g/mol. The van der Waals surface area contributed by atoms with E-state index in [1.54, 1.807) is 0 Å². The summed E-state index contributed by atoms with van der Waals surface area (Å²) in [6.07, 6.45) is 6.28. The lowest BCUT2D eigenvalue weighted by Gasteiger charge is -2.36. The minimum Gasteiger partial charge on any atom is -0.391 e. The van der Waals surface area contributed by atoms with Gasteiger partial charge in [0.25, 0.3) is 0 Å². The van der Waals surface area contributed by atoms with Gasteiger partial charge in [0.2, 0.25) is 11.8 Å². The fraction of sp³-hybridized carbons (Fsp3) is 0.882. The first-order valence-electron chi connectivity index (χ1n) is 9.19. The predicted molar refractivity (Wildman–Crippen MR) is 94.4 cm³/mol. The number of aliphatic hydroxyl groups is 1. The van der Waals surface area contributed by atoms with Crippen molar-refractivity contribution in [2.75, 3.05) is 26.2 Å². The Labute approximate surface area is 145 Å². The molecule has 0 aromatic rings. The molecule has 1 aliphatic rings. The molecular weight excluding hydrogens is 308 g/mol. The topological polar surface area (TPSA) is 108 Å². The summed E-state index contributed by atoms with van der Waals surface area (Å²) in [5.41, 5.74) is 5.25. The lowest BCUT2D eigenvalue weighted by atomic mass is 10.1. The third-order valence-electron chi connectivity index (χ3n) is 4.54. The van der Waals surface area contributed by atoms with E-state index in [1.165, 1.54) is 39.0 Å². The van der Waals surface area contributed by atoms with Crippen LogP contribution in [0.2, 0.25) is 0 Å². The number of aliphatic hydroxyl groups excluding tert-OH is 1. The second kappa shape index (κ2) is 11.4. The van der Waals surface area contributed by atoms with E-state index in [0.717, 1.165) is 26.1 Å². The van der Waals surface area contributed by atoms with E-state index in [2.05, 4.69) is 22.5 Å². The fourth-order valence-corrected chi connectivity index (χ4v) is 3.05. The van der Waals surface area contributed by atoms with Gasteiger partial charge in [-0.05, 0) is 19.9 Å². The Morgan fingerprint density at radius 2 is 1.96 bits per heavy atom. The van der Waals surface area contributed by atoms with Gasteiger partial charge in [0, 0.05) is 19.6 Å². The zero-order valence-corrected chi connectivity index (χ0v) is 15.1. The van der Waals surface area contributed by atoms with Crippen LogP contribution in [0.5, 0.6) is 0 Å². The molecule has 7 nitrogen and oxygen atoms in total. The van der Waals surface area contributed by atoms with Crippen LogP contribution in [0.15, 0.2) is 0 Å². The molecule has 1 saturated heterocycles. The summed E-state index contributed by atoms with van der Waals surface area (Å²) in [5, 5.41) is 15.4. The molecule has 3 atom stereocenters. The Hall–Kier alpha value is -1.18. The third kappa shape index (κ3) is 7.15. The number of nitrogens with two attached hydrogens (primary N) is 1. The Kier molecular flexibility index (Phi) is 9.90. The van der Waals surface area contributed by atoms with Gasteiger partial charge in [-0.2, -0.15) is 0 Å². The van der Waals surface area contributed by atoms with Gasteiger partial charge < -0.3 is 21.5 Å². The van der Waals surface area contributed by atoms with Crippen LogP contribution in [0, 0.1) is 0 Å². The summed E-state index contributed by atoms with van der Waals surface area (Å²) in [7, 11) is 0. The van der Waals surface area contributed by atoms with Gasteiger partial charge in [-0.25, -0.2) is 0 Å². The van der Waals surface area contributed by atoms with Crippen molar-refractivity contribution in [3.63, 3.8) is 0 Å². The van der Waals surface area contributed by atoms with E-state index in [4.69, 9.17) is 5.73 Å². The molecule has 0 radical (unpaired) electrons. The maximum absolute atomic E-state index is 12.5. The number of unbranched alkanes of at least 4 members (excludes halogenated alkanes) is 5. The van der Waals surface area contributed by atoms with Crippen LogP contribution in [-0.2, 0) is 9.59 Å². The lowest BCUT2D eigenvalue weighted by Crippen LogP contribution is -2.61. The van der Waals surface area contributed by atoms with Gasteiger partial charge >= 0.3 is 0 Å². The number of primary amides is 1. The molecule has 0 spiro atoms. The smallest absolute Gasteiger partial charge is 0.242 e. The van der Waals surface area contributed by atoms with Crippen molar-refractivity contribution >= 4 is 11.8 Å². The van der Waals surface area contributed by atoms with Gasteiger partial charge in [0.05, 0.1) is 6.10 Å². The molecule has 0 aromatic carbocycles. The summed E-state index contributed by atoms with van der Waals surface area (Å²) in [4.78, 5) is 26.0. The number of amides is 2. The van der Waals surface area contributed by atoms with Crippen molar-refractivity contribution in [1.82, 2.24) is 15.5 Å². The quantitative estimate of drug-likeness (QED) is 0.395. The van der Waals surface area contributed by atoms with E-state index in [0.29, 0.717) is 6.54 Å². The molecule has 0 aliphatic carbocycles. The minimum absolute atomic E-state index is 0.252. The molecule has 0 bridgehead atoms. The Bertz CT molecular complexity index is 390. The molecule has 5 N–H and O–H groups in total. The number of nitrogens with zero attached hydrogens (tertiary/aromatic N) is 1. The molecule has 1 rings (SSSR count). The zero-order valence-electron chi connectivity index (χ0n) is 15.1. The summed E-state index contributed by atoms with van der Waals surface area (Å²) >= 11 is 0. The van der Waals surface area contributed by atoms with Gasteiger partial charge in [0.1, 0.15) is 12.1 Å². The number of nitrogens with one attached hydrogen (secondary N) is 2. The number of hydrogen-bond acceptors (Lipinski definition) is 5. The number of carbonyl (C=O) groups is 2. The molecule has 1 heterocycles. The summed E-state index contributed by atoms with van der Waals surface area (Å²) < 4.78 is 0. The zero-order chi connectivity index (χ0) is 17.9. The number of piperazine rings is 1. The van der Waals surface area contributed by atoms with Crippen LogP contribution in [0.3, 0.4) is 0 Å². The van der Waals surface area contributed by atoms with Gasteiger partial charge in [-0.1, -0.05) is 39.0 Å². The van der Waals surface area contributed by atoms with Crippen molar-refractivity contribution in [3.05, 3.63) is 0 Å². The third-order valence-corrected chi connectivity index (χ3v) is 4.54. The largest absolute Gasteiger partial charge is 0.391 e. The first-order chi connectivity index (χ1) is 11.5. The number of carbonyl (C=O) groups excluding carboxylic acids is 2. The van der Waals surface area contributed by atoms with E-state index >= 15 is 0 Å². The minimum atomic E-state index is -1.05. The van der Waals surface area contributed by atoms with Crippen LogP contribution < -0.4 is 16.4 Å². The van der Waals surface area contributed by atoms with Crippen LogP contribution in [0.25, 0.3) is 0 Å². The van der Waals surface area contributed by atoms with E-state index in [1.807, 2.05) is 0 Å². The highest BCUT2D eigenvalue weighted by molar-refractivity contribution is 5.89. The first kappa shape index (κ1) is 20.9. The molecule has 1 aliphatic heterocycles. The van der Waals surface area contributed by atoms with Crippen LogP contribution >= 0.6 is 0 Å². The molecule has 0 saturated carbocycles. The molecule has 7 heteroatoms. The van der Waals surface area contributed by atoms with E-state index < -0.39 is 18.1 Å². The molecule has 0 aromatic heterocycles. The van der Waals surface area contributed by atoms with Crippen molar-refractivity contribution in [3.8, 4) is 0 Å². The maximum Gasteiger partial charge on any atom is 0.242 e. The van der Waals surface area contributed by atoms with E-state index in [9.17, 15) is 14.7 Å². The molecule has 1 fully saturated rings. The van der Waals surface area contributed by atoms with Crippen LogP contribution in [0.4, 0.5) is 0 Å². The van der Waals surface area contributed by atoms with E-state index in [-0.39, 0.29) is 11.9 Å². The maximum atomic E-state index is 12.5. The number of hydrogen-bond donors (Lipinski definition) is 4. The lowest BCUT2D eigenvalue weighted by molar-refractivity contribution is -0.133. The monoisotopic (exact) mass is 342 g/mol. The molecule has 140 valence electrons. The SMILES string of the molecule is CCCCCCCCN1CCNC[C@H]1C(=O)N[C@H](C(N)=O)C(C)O. The standard InChI is InChI=1S/C17H34N4O3/c1-3-4-5-6-7-8-10-21-11-9-19-12-14(21)17(24)20-15(13(2)22)16(18)23/h13-15,19,22H,3-12H2,1-2H3,(H2,18,23)(H,20,24)/t13?,14-,15-/m0/s1. The first-order valence-corrected chi connectivity index (χ1v) is 9.19. The Morgan fingerprint density at radius 3 is 2.58 bits per heavy atom. The number of rotatable bonds is 11. The summed E-state index contributed by atoms with van der Waals surface area (Å²) in [5.74, 6) is -0.970. The van der Waals surface area contributed by atoms with Crippen LogP contribution in [0.1, 0.15) is 52.4 Å². The molecule has 1 unspecified atom stereocenters. The highest BCUT2D eigenvalue weighted by atomic mass is 16.3. The normalized spacial score (nSPS) is 21.2. The second-order valence-corrected chi connectivity index (χ2v) is 6.65.